The highest BCUT2D eigenvalue weighted by molar-refractivity contribution is 5.92. The number of nitrogens with zero attached hydrogens (tertiary/aromatic N) is 1. The van der Waals surface area contributed by atoms with Crippen LogP contribution in [0.3, 0.4) is 0 Å². The molecule has 1 aromatic rings. The van der Waals surface area contributed by atoms with Crippen molar-refractivity contribution in [2.75, 3.05) is 7.05 Å². The van der Waals surface area contributed by atoms with Crippen LogP contribution in [0.5, 0.6) is 0 Å². The molecule has 2 N–H and O–H groups in total. The van der Waals surface area contributed by atoms with E-state index in [9.17, 15) is 14.4 Å². The molecule has 0 aliphatic rings. The van der Waals surface area contributed by atoms with Crippen molar-refractivity contribution in [1.82, 2.24) is 15.5 Å². The van der Waals surface area contributed by atoms with Gasteiger partial charge in [-0.1, -0.05) is 32.0 Å². The first-order valence-electron chi connectivity index (χ1n) is 11.1. The maximum absolute atomic E-state index is 13.5. The lowest BCUT2D eigenvalue weighted by atomic mass is 9.96. The maximum atomic E-state index is 13.5. The summed E-state index contributed by atoms with van der Waals surface area (Å²) in [6.07, 6.45) is -0.667. The van der Waals surface area contributed by atoms with Gasteiger partial charge in [0, 0.05) is 12.6 Å². The minimum absolute atomic E-state index is 0.205. The number of rotatable bonds is 6. The van der Waals surface area contributed by atoms with Crippen molar-refractivity contribution in [3.05, 3.63) is 34.9 Å². The number of carbonyl (C=O) groups excluding carboxylic acids is 3. The number of hydrogen-bond acceptors (Lipinski definition) is 4. The van der Waals surface area contributed by atoms with Crippen molar-refractivity contribution >= 4 is 17.9 Å². The predicted molar refractivity (Wildman–Crippen MR) is 127 cm³/mol. The summed E-state index contributed by atoms with van der Waals surface area (Å²) in [5, 5.41) is 5.67. The molecule has 0 radical (unpaired) electrons. The first-order chi connectivity index (χ1) is 14.4. The summed E-state index contributed by atoms with van der Waals surface area (Å²) in [6.45, 7) is 18.6. The highest BCUT2D eigenvalue weighted by Crippen LogP contribution is 2.25. The highest BCUT2D eigenvalue weighted by atomic mass is 16.6. The van der Waals surface area contributed by atoms with Gasteiger partial charge in [0.15, 0.2) is 0 Å². The zero-order valence-corrected chi connectivity index (χ0v) is 21.5. The summed E-state index contributed by atoms with van der Waals surface area (Å²) in [6, 6.07) is 4.05. The van der Waals surface area contributed by atoms with Crippen LogP contribution < -0.4 is 10.6 Å². The second-order valence-electron chi connectivity index (χ2n) is 10.8. The molecule has 3 amide bonds. The highest BCUT2D eigenvalue weighted by Gasteiger charge is 2.36. The van der Waals surface area contributed by atoms with Gasteiger partial charge in [0.2, 0.25) is 11.8 Å². The summed E-state index contributed by atoms with van der Waals surface area (Å²) in [7, 11) is 1.59. The second-order valence-corrected chi connectivity index (χ2v) is 10.8. The fourth-order valence-electron chi connectivity index (χ4n) is 3.22. The van der Waals surface area contributed by atoms with Gasteiger partial charge in [-0.15, -0.1) is 0 Å². The van der Waals surface area contributed by atoms with Crippen LogP contribution in [0, 0.1) is 19.8 Å². The van der Waals surface area contributed by atoms with E-state index in [1.54, 1.807) is 27.8 Å². The summed E-state index contributed by atoms with van der Waals surface area (Å²) >= 11 is 0. The Labute approximate surface area is 193 Å². The van der Waals surface area contributed by atoms with Crippen molar-refractivity contribution in [2.24, 2.45) is 5.92 Å². The lowest BCUT2D eigenvalue weighted by Gasteiger charge is -2.34. The number of amides is 3. The Morgan fingerprint density at radius 2 is 1.53 bits per heavy atom. The van der Waals surface area contributed by atoms with Crippen molar-refractivity contribution in [3.8, 4) is 0 Å². The van der Waals surface area contributed by atoms with Crippen molar-refractivity contribution in [2.45, 2.75) is 92.5 Å². The molecular formula is C25H41N3O4. The van der Waals surface area contributed by atoms with E-state index in [-0.39, 0.29) is 17.7 Å². The molecule has 1 rings (SSSR count). The normalized spacial score (nSPS) is 13.9. The molecule has 0 saturated carbocycles. The van der Waals surface area contributed by atoms with Crippen molar-refractivity contribution in [3.63, 3.8) is 0 Å². The minimum Gasteiger partial charge on any atom is -0.444 e. The Morgan fingerprint density at radius 3 is 1.97 bits per heavy atom. The van der Waals surface area contributed by atoms with Crippen LogP contribution in [-0.4, -0.2) is 47.0 Å². The average Bonchev–Trinajstić information content (AvgIpc) is 2.59. The number of nitrogens with one attached hydrogen (secondary N) is 2. The molecule has 32 heavy (non-hydrogen) atoms. The van der Waals surface area contributed by atoms with Gasteiger partial charge in [-0.3, -0.25) is 9.59 Å². The van der Waals surface area contributed by atoms with Crippen molar-refractivity contribution in [1.29, 1.82) is 0 Å². The quantitative estimate of drug-likeness (QED) is 0.682. The molecule has 0 aliphatic carbocycles. The third kappa shape index (κ3) is 8.17. The largest absolute Gasteiger partial charge is 0.444 e. The average molecular weight is 448 g/mol. The number of alkyl carbamates (subject to hydrolysis) is 1. The number of hydrogen-bond donors (Lipinski definition) is 2. The van der Waals surface area contributed by atoms with E-state index < -0.39 is 29.3 Å². The fraction of sp³-hybridized carbons (Fsp3) is 0.640. The monoisotopic (exact) mass is 447 g/mol. The molecule has 0 aromatic heterocycles. The lowest BCUT2D eigenvalue weighted by Crippen LogP contribution is -2.55. The molecule has 180 valence electrons. The zero-order valence-electron chi connectivity index (χ0n) is 21.5. The van der Waals surface area contributed by atoms with Gasteiger partial charge >= 0.3 is 6.09 Å². The van der Waals surface area contributed by atoms with Gasteiger partial charge in [0.05, 0.1) is 0 Å². The summed E-state index contributed by atoms with van der Waals surface area (Å²) in [5.41, 5.74) is 1.69. The third-order valence-corrected chi connectivity index (χ3v) is 4.93. The van der Waals surface area contributed by atoms with E-state index in [2.05, 4.69) is 10.6 Å². The molecule has 0 spiro atoms. The SMILES string of the molecule is Cc1ccc(C(C(=O)NC(C)(C)C)N(C)C(=O)C(NC(=O)OC(C)(C)C)C(C)C)cc1C. The molecule has 2 atom stereocenters. The molecule has 0 saturated heterocycles. The van der Waals surface area contributed by atoms with Crippen LogP contribution in [0.1, 0.15) is 78.1 Å². The Bertz CT molecular complexity index is 835. The third-order valence-electron chi connectivity index (χ3n) is 4.93. The van der Waals surface area contributed by atoms with Crippen LogP contribution in [0.25, 0.3) is 0 Å². The number of likely N-dealkylation sites (N-methyl/N-ethyl adjacent to an activating group) is 1. The van der Waals surface area contributed by atoms with E-state index >= 15 is 0 Å². The van der Waals surface area contributed by atoms with Crippen LogP contribution in [0.4, 0.5) is 4.79 Å². The van der Waals surface area contributed by atoms with Gasteiger partial charge in [0.25, 0.3) is 0 Å². The smallest absolute Gasteiger partial charge is 0.408 e. The summed E-state index contributed by atoms with van der Waals surface area (Å²) in [5.74, 6) is -0.849. The van der Waals surface area contributed by atoms with E-state index in [0.29, 0.717) is 5.56 Å². The van der Waals surface area contributed by atoms with Gasteiger partial charge in [0.1, 0.15) is 17.7 Å². The van der Waals surface area contributed by atoms with Crippen molar-refractivity contribution < 1.29 is 19.1 Å². The first kappa shape index (κ1) is 27.5. The number of carbonyl (C=O) groups is 3. The summed E-state index contributed by atoms with van der Waals surface area (Å²) < 4.78 is 5.34. The summed E-state index contributed by atoms with van der Waals surface area (Å²) in [4.78, 5) is 40.6. The van der Waals surface area contributed by atoms with E-state index in [4.69, 9.17) is 4.74 Å². The minimum atomic E-state index is -0.845. The maximum Gasteiger partial charge on any atom is 0.408 e. The molecular weight excluding hydrogens is 406 g/mol. The topological polar surface area (TPSA) is 87.7 Å². The zero-order chi connectivity index (χ0) is 25.0. The Morgan fingerprint density at radius 1 is 0.969 bits per heavy atom. The second kappa shape index (κ2) is 10.4. The molecule has 7 heteroatoms. The molecule has 0 bridgehead atoms. The molecule has 7 nitrogen and oxygen atoms in total. The molecule has 0 fully saturated rings. The Kier molecular flexibility index (Phi) is 8.90. The van der Waals surface area contributed by atoms with Crippen LogP contribution in [0.15, 0.2) is 18.2 Å². The van der Waals surface area contributed by atoms with Crippen LogP contribution >= 0.6 is 0 Å². The van der Waals surface area contributed by atoms with E-state index in [1.165, 1.54) is 4.90 Å². The van der Waals surface area contributed by atoms with E-state index in [0.717, 1.165) is 11.1 Å². The van der Waals surface area contributed by atoms with Gasteiger partial charge in [-0.25, -0.2) is 4.79 Å². The molecule has 2 unspecified atom stereocenters. The first-order valence-corrected chi connectivity index (χ1v) is 11.1. The van der Waals surface area contributed by atoms with Crippen LogP contribution in [0.2, 0.25) is 0 Å². The molecule has 1 aromatic carbocycles. The fourth-order valence-corrected chi connectivity index (χ4v) is 3.22. The van der Waals surface area contributed by atoms with Crippen LogP contribution in [-0.2, 0) is 14.3 Å². The molecule has 0 heterocycles. The number of aryl methyl sites for hydroxylation is 2. The lowest BCUT2D eigenvalue weighted by molar-refractivity contribution is -0.142. The molecule has 0 aliphatic heterocycles. The Hall–Kier alpha value is -2.57. The number of ether oxygens (including phenoxy) is 1. The van der Waals surface area contributed by atoms with Gasteiger partial charge in [-0.05, 0) is 78.0 Å². The van der Waals surface area contributed by atoms with Gasteiger partial charge in [-0.2, -0.15) is 0 Å². The number of benzene rings is 1. The Balaban J connectivity index is 3.31. The standard InChI is InChI=1S/C25H41N3O4/c1-15(2)19(26-23(31)32-25(8,9)10)22(30)28(11)20(21(29)27-24(5,6)7)18-13-12-16(3)17(4)14-18/h12-15,19-20H,1-11H3,(H,26,31)(H,27,29). The van der Waals surface area contributed by atoms with Gasteiger partial charge < -0.3 is 20.3 Å². The van der Waals surface area contributed by atoms with E-state index in [1.807, 2.05) is 66.7 Å². The predicted octanol–water partition coefficient (Wildman–Crippen LogP) is 4.27.